The molecule has 198 valence electrons. The Morgan fingerprint density at radius 1 is 0.838 bits per heavy atom. The van der Waals surface area contributed by atoms with Crippen LogP contribution < -0.4 is 4.43 Å². The fourth-order valence-electron chi connectivity index (χ4n) is 5.45. The first-order valence-electron chi connectivity index (χ1n) is 13.4. The summed E-state index contributed by atoms with van der Waals surface area (Å²) in [6, 6.07) is 10.2. The van der Waals surface area contributed by atoms with E-state index in [-0.39, 0.29) is 17.2 Å². The minimum absolute atomic E-state index is 0.00142. The molecule has 0 radical (unpaired) electrons. The topological polar surface area (TPSA) is 68.2 Å². The summed E-state index contributed by atoms with van der Waals surface area (Å²) in [4.78, 5) is 0. The first kappa shape index (κ1) is 26.5. The zero-order valence-electron chi connectivity index (χ0n) is 23.1. The van der Waals surface area contributed by atoms with E-state index in [0.29, 0.717) is 12.8 Å². The average molecular weight is 521 g/mol. The molecule has 1 aliphatic heterocycles. The first-order chi connectivity index (χ1) is 17.2. The molecule has 0 unspecified atom stereocenters. The second kappa shape index (κ2) is 9.25. The number of aliphatic hydroxyl groups excluding tert-OH is 2. The molecule has 0 aromatic heterocycles. The molecule has 2 aliphatic carbocycles. The van der Waals surface area contributed by atoms with Crippen molar-refractivity contribution in [2.75, 3.05) is 0 Å². The molecular weight excluding hydrogens is 480 g/mol. The fourth-order valence-corrected chi connectivity index (χ4v) is 6.50. The van der Waals surface area contributed by atoms with Crippen molar-refractivity contribution in [2.45, 2.75) is 109 Å². The smallest absolute Gasteiger partial charge is 0.250 e. The summed E-state index contributed by atoms with van der Waals surface area (Å²) >= 11 is 0. The summed E-state index contributed by atoms with van der Waals surface area (Å²) in [5.74, 6) is 7.20. The van der Waals surface area contributed by atoms with Gasteiger partial charge < -0.3 is 24.1 Å². The Labute approximate surface area is 222 Å². The van der Waals surface area contributed by atoms with E-state index >= 15 is 0 Å². The van der Waals surface area contributed by atoms with Crippen molar-refractivity contribution < 1.29 is 24.1 Å². The van der Waals surface area contributed by atoms with Crippen LogP contribution >= 0.6 is 0 Å². The Morgan fingerprint density at radius 2 is 1.43 bits per heavy atom. The van der Waals surface area contributed by atoms with Gasteiger partial charge in [-0.1, -0.05) is 44.7 Å². The van der Waals surface area contributed by atoms with Crippen molar-refractivity contribution in [1.29, 1.82) is 0 Å². The lowest BCUT2D eigenvalue weighted by Crippen LogP contribution is -2.44. The molecule has 0 bridgehead atoms. The molecule has 0 spiro atoms. The second-order valence-corrected chi connectivity index (χ2v) is 17.5. The summed E-state index contributed by atoms with van der Waals surface area (Å²) in [7, 11) is -2.04. The standard InChI is InChI=1S/C31H40O5Si/c1-30(2,3)37(6,7)36-27-14-13-20(23-17-28-29(18-24(23)27)35-31(4,5)34-28)12-11-19-9-8-10-21-15-25(32)26(33)16-22(19)21/h8-10,13-14,25-26,28-29,32-33H,15-18H2,1-7H3/t25-,26+,28+,29-/m0/s1. The molecule has 5 nitrogen and oxygen atoms in total. The van der Waals surface area contributed by atoms with Gasteiger partial charge in [-0.2, -0.15) is 0 Å². The summed E-state index contributed by atoms with van der Waals surface area (Å²) in [6.45, 7) is 15.3. The molecule has 5 rings (SSSR count). The number of hydrogen-bond donors (Lipinski definition) is 2. The lowest BCUT2D eigenvalue weighted by molar-refractivity contribution is -0.145. The largest absolute Gasteiger partial charge is 0.543 e. The van der Waals surface area contributed by atoms with E-state index < -0.39 is 26.3 Å². The van der Waals surface area contributed by atoms with Gasteiger partial charge >= 0.3 is 0 Å². The van der Waals surface area contributed by atoms with Crippen LogP contribution in [0.4, 0.5) is 0 Å². The van der Waals surface area contributed by atoms with E-state index in [1.54, 1.807) is 0 Å². The maximum absolute atomic E-state index is 10.3. The Hall–Kier alpha value is -2.14. The highest BCUT2D eigenvalue weighted by Crippen LogP contribution is 2.43. The third-order valence-electron chi connectivity index (χ3n) is 8.55. The van der Waals surface area contributed by atoms with Crippen molar-refractivity contribution in [1.82, 2.24) is 0 Å². The van der Waals surface area contributed by atoms with Crippen molar-refractivity contribution in [2.24, 2.45) is 0 Å². The third-order valence-corrected chi connectivity index (χ3v) is 12.9. The Morgan fingerprint density at radius 3 is 2.08 bits per heavy atom. The van der Waals surface area contributed by atoms with Gasteiger partial charge in [0.2, 0.25) is 8.32 Å². The van der Waals surface area contributed by atoms with Gasteiger partial charge in [-0.15, -0.1) is 0 Å². The molecule has 1 heterocycles. The average Bonchev–Trinajstić information content (AvgIpc) is 3.10. The lowest BCUT2D eigenvalue weighted by Gasteiger charge is -2.38. The zero-order chi connectivity index (χ0) is 26.8. The highest BCUT2D eigenvalue weighted by atomic mass is 28.4. The molecule has 1 fully saturated rings. The van der Waals surface area contributed by atoms with Gasteiger partial charge in [0.05, 0.1) is 24.4 Å². The Bertz CT molecular complexity index is 1260. The summed E-state index contributed by atoms with van der Waals surface area (Å²) in [5, 5.41) is 20.5. The Balaban J connectivity index is 1.55. The molecule has 0 amide bonds. The van der Waals surface area contributed by atoms with Crippen LogP contribution in [0.25, 0.3) is 0 Å². The van der Waals surface area contributed by atoms with Crippen LogP contribution in [0, 0.1) is 11.8 Å². The molecule has 2 aromatic carbocycles. The minimum Gasteiger partial charge on any atom is -0.543 e. The van der Waals surface area contributed by atoms with Crippen LogP contribution in [-0.4, -0.2) is 48.7 Å². The fraction of sp³-hybridized carbons (Fsp3) is 0.548. The van der Waals surface area contributed by atoms with Crippen LogP contribution in [0.3, 0.4) is 0 Å². The second-order valence-electron chi connectivity index (χ2n) is 12.8. The zero-order valence-corrected chi connectivity index (χ0v) is 24.1. The molecular formula is C31H40O5Si. The van der Waals surface area contributed by atoms with E-state index in [2.05, 4.69) is 57.8 Å². The highest BCUT2D eigenvalue weighted by molar-refractivity contribution is 6.74. The molecule has 37 heavy (non-hydrogen) atoms. The van der Waals surface area contributed by atoms with E-state index in [0.717, 1.165) is 40.8 Å². The highest BCUT2D eigenvalue weighted by Gasteiger charge is 2.46. The molecule has 1 saturated heterocycles. The molecule has 2 aromatic rings. The monoisotopic (exact) mass is 520 g/mol. The first-order valence-corrected chi connectivity index (χ1v) is 16.3. The van der Waals surface area contributed by atoms with Gasteiger partial charge in [-0.25, -0.2) is 0 Å². The van der Waals surface area contributed by atoms with Crippen LogP contribution in [0.2, 0.25) is 18.1 Å². The van der Waals surface area contributed by atoms with Gasteiger partial charge in [0.15, 0.2) is 5.79 Å². The number of fused-ring (bicyclic) bond motifs is 3. The number of ether oxygens (including phenoxy) is 2. The van der Waals surface area contributed by atoms with E-state index in [1.807, 2.05) is 32.0 Å². The predicted octanol–water partition coefficient (Wildman–Crippen LogP) is 4.91. The van der Waals surface area contributed by atoms with Gasteiger partial charge in [0.1, 0.15) is 5.75 Å². The molecule has 0 saturated carbocycles. The van der Waals surface area contributed by atoms with Crippen molar-refractivity contribution in [3.8, 4) is 17.6 Å². The minimum atomic E-state index is -2.04. The van der Waals surface area contributed by atoms with E-state index in [1.165, 1.54) is 11.1 Å². The summed E-state index contributed by atoms with van der Waals surface area (Å²) < 4.78 is 19.4. The maximum Gasteiger partial charge on any atom is 0.250 e. The van der Waals surface area contributed by atoms with E-state index in [9.17, 15) is 10.2 Å². The third kappa shape index (κ3) is 5.13. The van der Waals surface area contributed by atoms with Crippen LogP contribution in [0.5, 0.6) is 5.75 Å². The van der Waals surface area contributed by atoms with Crippen LogP contribution in [-0.2, 0) is 35.2 Å². The molecule has 3 aliphatic rings. The summed E-state index contributed by atoms with van der Waals surface area (Å²) in [6.07, 6.45) is 0.874. The number of hydrogen-bond acceptors (Lipinski definition) is 5. The van der Waals surface area contributed by atoms with Crippen molar-refractivity contribution in [3.63, 3.8) is 0 Å². The van der Waals surface area contributed by atoms with Crippen molar-refractivity contribution in [3.05, 3.63) is 63.7 Å². The number of aliphatic hydroxyl groups is 2. The SMILES string of the molecule is CC1(C)O[C@H]2Cc3c(O[Si](C)(C)C(C)(C)C)ccc(C#Cc4cccc5c4C[C@@H](O)[C@@H](O)C5)c3C[C@H]2O1. The van der Waals surface area contributed by atoms with Crippen molar-refractivity contribution >= 4 is 8.32 Å². The summed E-state index contributed by atoms with van der Waals surface area (Å²) in [5.41, 5.74) is 6.37. The van der Waals surface area contributed by atoms with E-state index in [4.69, 9.17) is 13.9 Å². The number of benzene rings is 2. The normalized spacial score (nSPS) is 26.4. The van der Waals surface area contributed by atoms with Gasteiger partial charge in [0.25, 0.3) is 0 Å². The molecule has 2 N–H and O–H groups in total. The Kier molecular flexibility index (Phi) is 6.62. The molecule has 4 atom stereocenters. The van der Waals surface area contributed by atoms with Gasteiger partial charge in [0, 0.05) is 36.8 Å². The predicted molar refractivity (Wildman–Crippen MR) is 147 cm³/mol. The quantitative estimate of drug-likeness (QED) is 0.435. The lowest BCUT2D eigenvalue weighted by atomic mass is 9.83. The number of rotatable bonds is 2. The van der Waals surface area contributed by atoms with Crippen LogP contribution in [0.1, 0.15) is 68.0 Å². The maximum atomic E-state index is 10.3. The van der Waals surface area contributed by atoms with Gasteiger partial charge in [-0.05, 0) is 72.4 Å². The molecule has 6 heteroatoms. The van der Waals surface area contributed by atoms with Gasteiger partial charge in [-0.3, -0.25) is 0 Å². The van der Waals surface area contributed by atoms with Crippen LogP contribution in [0.15, 0.2) is 30.3 Å².